The number of hydrogen-bond donors (Lipinski definition) is 0. The zero-order valence-electron chi connectivity index (χ0n) is 15.4. The molecule has 3 aromatic rings. The van der Waals surface area contributed by atoms with Crippen LogP contribution in [0.15, 0.2) is 72.8 Å². The van der Waals surface area contributed by atoms with Crippen molar-refractivity contribution in [2.75, 3.05) is 0 Å². The lowest BCUT2D eigenvalue weighted by Gasteiger charge is -2.21. The summed E-state index contributed by atoms with van der Waals surface area (Å²) in [5.41, 5.74) is 1.86. The summed E-state index contributed by atoms with van der Waals surface area (Å²) >= 11 is 0. The number of rotatable bonds is 7. The molecule has 0 aromatic heterocycles. The maximum atomic E-state index is 13.5. The molecule has 0 fully saturated rings. The largest absolute Gasteiger partial charge is 0.451 e. The number of halogens is 2. The molecule has 140 valence electrons. The Morgan fingerprint density at radius 2 is 1.37 bits per heavy atom. The molecule has 0 radical (unpaired) electrons. The molecule has 0 saturated heterocycles. The molecule has 0 saturated carbocycles. The lowest BCUT2D eigenvalue weighted by atomic mass is 9.99. The van der Waals surface area contributed by atoms with Crippen LogP contribution in [-0.4, -0.2) is 0 Å². The van der Waals surface area contributed by atoms with E-state index in [4.69, 9.17) is 9.47 Å². The third-order valence-electron chi connectivity index (χ3n) is 4.49. The van der Waals surface area contributed by atoms with E-state index in [0.717, 1.165) is 6.42 Å². The van der Waals surface area contributed by atoms with Crippen molar-refractivity contribution >= 4 is 0 Å². The van der Waals surface area contributed by atoms with Crippen molar-refractivity contribution < 1.29 is 18.3 Å². The van der Waals surface area contributed by atoms with Crippen molar-refractivity contribution in [1.82, 2.24) is 0 Å². The van der Waals surface area contributed by atoms with Gasteiger partial charge >= 0.3 is 0 Å². The summed E-state index contributed by atoms with van der Waals surface area (Å²) in [7, 11) is 0. The van der Waals surface area contributed by atoms with Crippen LogP contribution >= 0.6 is 0 Å². The fourth-order valence-electron chi connectivity index (χ4n) is 2.68. The zero-order chi connectivity index (χ0) is 19.2. The van der Waals surface area contributed by atoms with Gasteiger partial charge in [0.25, 0.3) is 6.29 Å². The van der Waals surface area contributed by atoms with Crippen molar-refractivity contribution in [3.8, 4) is 11.5 Å². The summed E-state index contributed by atoms with van der Waals surface area (Å²) < 4.78 is 38.6. The van der Waals surface area contributed by atoms with Gasteiger partial charge in [-0.05, 0) is 66.4 Å². The number of ether oxygens (including phenoxy) is 2. The molecular weight excluding hydrogens is 346 g/mol. The molecule has 0 amide bonds. The lowest BCUT2D eigenvalue weighted by Crippen LogP contribution is -2.15. The highest BCUT2D eigenvalue weighted by Gasteiger charge is 2.16. The maximum absolute atomic E-state index is 13.5. The number of benzene rings is 3. The first-order valence-corrected chi connectivity index (χ1v) is 8.99. The Morgan fingerprint density at radius 1 is 0.741 bits per heavy atom. The molecule has 27 heavy (non-hydrogen) atoms. The van der Waals surface area contributed by atoms with Crippen molar-refractivity contribution in [2.45, 2.75) is 32.5 Å². The van der Waals surface area contributed by atoms with Crippen LogP contribution < -0.4 is 9.47 Å². The minimum Gasteiger partial charge on any atom is -0.451 e. The first kappa shape index (κ1) is 18.9. The summed E-state index contributed by atoms with van der Waals surface area (Å²) in [5, 5.41) is 0. The molecule has 0 aliphatic rings. The molecule has 0 heterocycles. The zero-order valence-corrected chi connectivity index (χ0v) is 15.4. The monoisotopic (exact) mass is 368 g/mol. The van der Waals surface area contributed by atoms with Gasteiger partial charge < -0.3 is 9.47 Å². The van der Waals surface area contributed by atoms with E-state index >= 15 is 0 Å². The molecule has 0 bridgehead atoms. The van der Waals surface area contributed by atoms with Crippen LogP contribution in [0.2, 0.25) is 0 Å². The third-order valence-corrected chi connectivity index (χ3v) is 4.49. The summed E-state index contributed by atoms with van der Waals surface area (Å²) in [6, 6.07) is 19.5. The van der Waals surface area contributed by atoms with E-state index in [-0.39, 0.29) is 5.82 Å². The molecule has 0 N–H and O–H groups in total. The van der Waals surface area contributed by atoms with Crippen LogP contribution in [0.25, 0.3) is 0 Å². The summed E-state index contributed by atoms with van der Waals surface area (Å²) in [4.78, 5) is 0. The first-order valence-electron chi connectivity index (χ1n) is 8.99. The van der Waals surface area contributed by atoms with Crippen LogP contribution in [0, 0.1) is 11.6 Å². The van der Waals surface area contributed by atoms with Gasteiger partial charge in [0.15, 0.2) is 0 Å². The van der Waals surface area contributed by atoms with E-state index in [1.54, 1.807) is 24.3 Å². The van der Waals surface area contributed by atoms with Gasteiger partial charge in [0.2, 0.25) is 0 Å². The molecule has 0 aliphatic heterocycles. The highest BCUT2D eigenvalue weighted by atomic mass is 19.1. The fourth-order valence-corrected chi connectivity index (χ4v) is 2.68. The third kappa shape index (κ3) is 5.07. The Kier molecular flexibility index (Phi) is 6.07. The Balaban J connectivity index is 1.84. The van der Waals surface area contributed by atoms with Gasteiger partial charge in [-0.3, -0.25) is 0 Å². The van der Waals surface area contributed by atoms with Crippen LogP contribution in [0.5, 0.6) is 11.5 Å². The second-order valence-corrected chi connectivity index (χ2v) is 6.45. The van der Waals surface area contributed by atoms with Gasteiger partial charge in [-0.15, -0.1) is 0 Å². The molecule has 0 spiro atoms. The SMILES string of the molecule is CCC(C)c1ccc(OC(Oc2cccc(F)c2)c2ccc(F)cc2)cc1. The summed E-state index contributed by atoms with van der Waals surface area (Å²) in [5.74, 6) is 0.674. The Bertz CT molecular complexity index is 860. The first-order chi connectivity index (χ1) is 13.0. The average molecular weight is 368 g/mol. The van der Waals surface area contributed by atoms with Crippen LogP contribution in [0.3, 0.4) is 0 Å². The predicted molar refractivity (Wildman–Crippen MR) is 102 cm³/mol. The standard InChI is InChI=1S/C23H22F2O2/c1-3-16(2)17-9-13-21(14-10-17)26-23(18-7-11-19(24)12-8-18)27-22-6-4-5-20(25)15-22/h4-16,23H,3H2,1-2H3. The molecule has 2 unspecified atom stereocenters. The highest BCUT2D eigenvalue weighted by molar-refractivity contribution is 5.31. The fraction of sp³-hybridized carbons (Fsp3) is 0.217. The van der Waals surface area contributed by atoms with Gasteiger partial charge in [0.05, 0.1) is 0 Å². The van der Waals surface area contributed by atoms with E-state index in [2.05, 4.69) is 13.8 Å². The molecular formula is C23H22F2O2. The molecule has 2 nitrogen and oxygen atoms in total. The molecule has 2 atom stereocenters. The quantitative estimate of drug-likeness (QED) is 0.436. The Morgan fingerprint density at radius 3 is 2.00 bits per heavy atom. The van der Waals surface area contributed by atoms with E-state index < -0.39 is 12.1 Å². The van der Waals surface area contributed by atoms with Crippen LogP contribution in [0.4, 0.5) is 8.78 Å². The summed E-state index contributed by atoms with van der Waals surface area (Å²) in [6.07, 6.45) is 0.225. The van der Waals surface area contributed by atoms with Gasteiger partial charge in [-0.2, -0.15) is 0 Å². The smallest absolute Gasteiger partial charge is 0.267 e. The topological polar surface area (TPSA) is 18.5 Å². The van der Waals surface area contributed by atoms with E-state index in [1.807, 2.05) is 24.3 Å². The van der Waals surface area contributed by atoms with Crippen molar-refractivity contribution in [1.29, 1.82) is 0 Å². The lowest BCUT2D eigenvalue weighted by molar-refractivity contribution is 0.00355. The number of hydrogen-bond acceptors (Lipinski definition) is 2. The van der Waals surface area contributed by atoms with Crippen molar-refractivity contribution in [3.05, 3.63) is 95.6 Å². The normalized spacial score (nSPS) is 13.0. The minimum atomic E-state index is -0.832. The Hall–Kier alpha value is -2.88. The van der Waals surface area contributed by atoms with Crippen LogP contribution in [0.1, 0.15) is 43.6 Å². The second-order valence-electron chi connectivity index (χ2n) is 6.45. The van der Waals surface area contributed by atoms with E-state index in [1.165, 1.54) is 29.8 Å². The van der Waals surface area contributed by atoms with Gasteiger partial charge in [0.1, 0.15) is 23.1 Å². The molecule has 0 aliphatic carbocycles. The maximum Gasteiger partial charge on any atom is 0.267 e. The minimum absolute atomic E-state index is 0.334. The molecule has 4 heteroatoms. The van der Waals surface area contributed by atoms with Gasteiger partial charge in [-0.25, -0.2) is 8.78 Å². The van der Waals surface area contributed by atoms with Gasteiger partial charge in [0, 0.05) is 11.6 Å². The summed E-state index contributed by atoms with van der Waals surface area (Å²) in [6.45, 7) is 4.32. The average Bonchev–Trinajstić information content (AvgIpc) is 2.68. The van der Waals surface area contributed by atoms with Crippen molar-refractivity contribution in [3.63, 3.8) is 0 Å². The van der Waals surface area contributed by atoms with Gasteiger partial charge in [-0.1, -0.05) is 32.0 Å². The predicted octanol–water partition coefficient (Wildman–Crippen LogP) is 6.63. The van der Waals surface area contributed by atoms with Crippen LogP contribution in [-0.2, 0) is 0 Å². The second kappa shape index (κ2) is 8.67. The van der Waals surface area contributed by atoms with E-state index in [9.17, 15) is 8.78 Å². The van der Waals surface area contributed by atoms with Crippen molar-refractivity contribution in [2.24, 2.45) is 0 Å². The highest BCUT2D eigenvalue weighted by Crippen LogP contribution is 2.28. The van der Waals surface area contributed by atoms with E-state index in [0.29, 0.717) is 23.0 Å². The Labute approximate surface area is 158 Å². The molecule has 3 rings (SSSR count). The molecule has 3 aromatic carbocycles.